The van der Waals surface area contributed by atoms with Crippen molar-refractivity contribution >= 4 is 15.5 Å². The first-order valence-corrected chi connectivity index (χ1v) is 7.78. The molecule has 1 N–H and O–H groups in total. The normalized spacial score (nSPS) is 13.2. The monoisotopic (exact) mass is 281 g/mol. The number of hydrogen-bond acceptors (Lipinski definition) is 6. The fraction of sp³-hybridized carbons (Fsp3) is 0.364. The molecule has 2 rings (SSSR count). The van der Waals surface area contributed by atoms with Gasteiger partial charge in [0.2, 0.25) is 0 Å². The van der Waals surface area contributed by atoms with E-state index in [2.05, 4.69) is 20.8 Å². The summed E-state index contributed by atoms with van der Waals surface area (Å²) in [5, 5.41) is 14.0. The summed E-state index contributed by atoms with van der Waals surface area (Å²) >= 11 is 0. The lowest BCUT2D eigenvalue weighted by atomic mass is 10.2. The first-order chi connectivity index (χ1) is 8.94. The predicted molar refractivity (Wildman–Crippen MR) is 71.9 cm³/mol. The standard InChI is InChI=1S/C11H15N5O2S/c1-9(7-19(2,17)18)13-10-3-5-11(6-4-10)16-8-12-14-15-16/h3-6,8-9,13H,7H2,1-2H3. The van der Waals surface area contributed by atoms with Gasteiger partial charge >= 0.3 is 0 Å². The molecule has 0 saturated carbocycles. The molecule has 7 nitrogen and oxygen atoms in total. The fourth-order valence-electron chi connectivity index (χ4n) is 1.77. The molecule has 19 heavy (non-hydrogen) atoms. The van der Waals surface area contributed by atoms with Gasteiger partial charge in [-0.25, -0.2) is 13.1 Å². The van der Waals surface area contributed by atoms with Gasteiger partial charge in [0.05, 0.1) is 11.4 Å². The fourth-order valence-corrected chi connectivity index (χ4v) is 2.76. The second kappa shape index (κ2) is 5.35. The van der Waals surface area contributed by atoms with E-state index in [0.717, 1.165) is 11.4 Å². The zero-order chi connectivity index (χ0) is 13.9. The highest BCUT2D eigenvalue weighted by atomic mass is 32.2. The summed E-state index contributed by atoms with van der Waals surface area (Å²) in [6.07, 6.45) is 2.74. The maximum atomic E-state index is 11.2. The molecule has 0 spiro atoms. The van der Waals surface area contributed by atoms with Crippen LogP contribution in [0.15, 0.2) is 30.6 Å². The van der Waals surface area contributed by atoms with Crippen molar-refractivity contribution in [3.05, 3.63) is 30.6 Å². The zero-order valence-electron chi connectivity index (χ0n) is 10.7. The Hall–Kier alpha value is -1.96. The Morgan fingerprint density at radius 3 is 2.53 bits per heavy atom. The molecular weight excluding hydrogens is 266 g/mol. The van der Waals surface area contributed by atoms with E-state index >= 15 is 0 Å². The maximum Gasteiger partial charge on any atom is 0.149 e. The van der Waals surface area contributed by atoms with E-state index in [1.165, 1.54) is 12.6 Å². The Bertz CT molecular complexity index is 622. The third-order valence-electron chi connectivity index (χ3n) is 2.45. The van der Waals surface area contributed by atoms with Gasteiger partial charge in [-0.1, -0.05) is 0 Å². The number of hydrogen-bond donors (Lipinski definition) is 1. The van der Waals surface area contributed by atoms with Crippen LogP contribution in [0.5, 0.6) is 0 Å². The molecule has 0 saturated heterocycles. The van der Waals surface area contributed by atoms with Gasteiger partial charge in [-0.2, -0.15) is 0 Å². The van der Waals surface area contributed by atoms with E-state index in [4.69, 9.17) is 0 Å². The largest absolute Gasteiger partial charge is 0.382 e. The Morgan fingerprint density at radius 1 is 1.32 bits per heavy atom. The third kappa shape index (κ3) is 4.02. The highest BCUT2D eigenvalue weighted by Gasteiger charge is 2.10. The van der Waals surface area contributed by atoms with E-state index < -0.39 is 9.84 Å². The van der Waals surface area contributed by atoms with Crippen LogP contribution in [0.25, 0.3) is 5.69 Å². The minimum atomic E-state index is -2.98. The molecule has 0 bridgehead atoms. The lowest BCUT2D eigenvalue weighted by Crippen LogP contribution is -2.24. The quantitative estimate of drug-likeness (QED) is 0.858. The Kier molecular flexibility index (Phi) is 3.79. The Labute approximate surface area is 111 Å². The summed E-state index contributed by atoms with van der Waals surface area (Å²) < 4.78 is 23.9. The van der Waals surface area contributed by atoms with E-state index in [-0.39, 0.29) is 11.8 Å². The average molecular weight is 281 g/mol. The van der Waals surface area contributed by atoms with Gasteiger partial charge in [0.15, 0.2) is 0 Å². The van der Waals surface area contributed by atoms with E-state index in [0.29, 0.717) is 0 Å². The third-order valence-corrected chi connectivity index (χ3v) is 3.55. The van der Waals surface area contributed by atoms with Gasteiger partial charge in [-0.3, -0.25) is 0 Å². The number of rotatable bonds is 5. The summed E-state index contributed by atoms with van der Waals surface area (Å²) in [7, 11) is -2.98. The van der Waals surface area contributed by atoms with Crippen LogP contribution in [0, 0.1) is 0 Å². The number of aromatic nitrogens is 4. The highest BCUT2D eigenvalue weighted by molar-refractivity contribution is 7.90. The van der Waals surface area contributed by atoms with E-state index in [9.17, 15) is 8.42 Å². The minimum Gasteiger partial charge on any atom is -0.382 e. The zero-order valence-corrected chi connectivity index (χ0v) is 11.5. The molecule has 0 aliphatic rings. The van der Waals surface area contributed by atoms with Crippen LogP contribution in [0.2, 0.25) is 0 Å². The molecule has 2 aromatic rings. The molecule has 1 aromatic heterocycles. The number of anilines is 1. The van der Waals surface area contributed by atoms with Crippen LogP contribution in [0.1, 0.15) is 6.92 Å². The minimum absolute atomic E-state index is 0.0990. The molecule has 0 radical (unpaired) electrons. The summed E-state index contributed by atoms with van der Waals surface area (Å²) in [4.78, 5) is 0. The van der Waals surface area contributed by atoms with Gasteiger partial charge in [-0.05, 0) is 41.6 Å². The SMILES string of the molecule is CC(CS(C)(=O)=O)Nc1ccc(-n2cnnn2)cc1. The van der Waals surface area contributed by atoms with Crippen LogP contribution in [-0.4, -0.2) is 46.7 Å². The molecule has 0 aliphatic heterocycles. The second-order valence-corrected chi connectivity index (χ2v) is 6.62. The van der Waals surface area contributed by atoms with Crippen LogP contribution in [0.3, 0.4) is 0 Å². The summed E-state index contributed by atoms with van der Waals surface area (Å²) in [6, 6.07) is 7.28. The van der Waals surface area contributed by atoms with Gasteiger partial charge < -0.3 is 5.32 Å². The predicted octanol–water partition coefficient (Wildman–Crippen LogP) is 0.507. The molecule has 1 aromatic carbocycles. The maximum absolute atomic E-state index is 11.2. The van der Waals surface area contributed by atoms with Gasteiger partial charge in [0.25, 0.3) is 0 Å². The van der Waals surface area contributed by atoms with Crippen LogP contribution in [0.4, 0.5) is 5.69 Å². The van der Waals surface area contributed by atoms with Crippen molar-refractivity contribution in [2.45, 2.75) is 13.0 Å². The molecule has 0 fully saturated rings. The van der Waals surface area contributed by atoms with E-state index in [1.807, 2.05) is 31.2 Å². The average Bonchev–Trinajstić information content (AvgIpc) is 2.80. The molecule has 1 unspecified atom stereocenters. The molecule has 0 aliphatic carbocycles. The smallest absolute Gasteiger partial charge is 0.149 e. The van der Waals surface area contributed by atoms with Crippen molar-refractivity contribution in [2.24, 2.45) is 0 Å². The summed E-state index contributed by atoms with van der Waals surface area (Å²) in [5.41, 5.74) is 1.69. The van der Waals surface area contributed by atoms with Crippen molar-refractivity contribution < 1.29 is 8.42 Å². The number of sulfone groups is 1. The Balaban J connectivity index is 2.03. The topological polar surface area (TPSA) is 89.8 Å². The van der Waals surface area contributed by atoms with Crippen LogP contribution in [-0.2, 0) is 9.84 Å². The molecular formula is C11H15N5O2S. The number of benzene rings is 1. The molecule has 8 heteroatoms. The summed E-state index contributed by atoms with van der Waals surface area (Å²) in [6.45, 7) is 1.83. The molecule has 1 heterocycles. The number of nitrogens with zero attached hydrogens (tertiary/aromatic N) is 4. The van der Waals surface area contributed by atoms with Crippen molar-refractivity contribution in [3.8, 4) is 5.69 Å². The number of tetrazole rings is 1. The van der Waals surface area contributed by atoms with Crippen molar-refractivity contribution in [1.82, 2.24) is 20.2 Å². The first kappa shape index (κ1) is 13.5. The van der Waals surface area contributed by atoms with Crippen LogP contribution < -0.4 is 5.32 Å². The first-order valence-electron chi connectivity index (χ1n) is 5.72. The van der Waals surface area contributed by atoms with Crippen molar-refractivity contribution in [3.63, 3.8) is 0 Å². The molecule has 0 amide bonds. The van der Waals surface area contributed by atoms with Crippen LogP contribution >= 0.6 is 0 Å². The van der Waals surface area contributed by atoms with Gasteiger partial charge in [0.1, 0.15) is 16.2 Å². The molecule has 102 valence electrons. The van der Waals surface area contributed by atoms with Gasteiger partial charge in [0, 0.05) is 18.0 Å². The number of nitrogens with one attached hydrogen (secondary N) is 1. The second-order valence-electron chi connectivity index (χ2n) is 4.44. The highest BCUT2D eigenvalue weighted by Crippen LogP contribution is 2.13. The Morgan fingerprint density at radius 2 is 2.00 bits per heavy atom. The van der Waals surface area contributed by atoms with E-state index in [1.54, 1.807) is 4.68 Å². The lowest BCUT2D eigenvalue weighted by molar-refractivity contribution is 0.598. The lowest BCUT2D eigenvalue weighted by Gasteiger charge is -2.14. The summed E-state index contributed by atoms with van der Waals surface area (Å²) in [5.74, 6) is 0.0990. The molecule has 1 atom stereocenters. The van der Waals surface area contributed by atoms with Gasteiger partial charge in [-0.15, -0.1) is 5.10 Å². The van der Waals surface area contributed by atoms with Crippen molar-refractivity contribution in [1.29, 1.82) is 0 Å². The van der Waals surface area contributed by atoms with Crippen molar-refractivity contribution in [2.75, 3.05) is 17.3 Å².